The number of esters is 1. The molecule has 0 spiro atoms. The number of carbonyl (C=O) groups excluding carboxylic acids is 1. The second kappa shape index (κ2) is 3.63. The number of hydrogen-bond donors (Lipinski definition) is 0. The van der Waals surface area contributed by atoms with Crippen LogP contribution in [0.4, 0.5) is 0 Å². The van der Waals surface area contributed by atoms with E-state index in [1.807, 2.05) is 38.1 Å². The highest BCUT2D eigenvalue weighted by atomic mass is 79.9. The van der Waals surface area contributed by atoms with Crippen molar-refractivity contribution in [2.75, 3.05) is 0 Å². The first-order valence-corrected chi connectivity index (χ1v) is 5.79. The number of ether oxygens (including phenoxy) is 1. The maximum absolute atomic E-state index is 11.4. The molecule has 1 aromatic carbocycles. The average Bonchev–Trinajstić information content (AvgIpc) is 2.43. The van der Waals surface area contributed by atoms with Gasteiger partial charge in [0.1, 0.15) is 5.60 Å². The summed E-state index contributed by atoms with van der Waals surface area (Å²) in [6.07, 6.45) is 0.757. The molecule has 3 heteroatoms. The van der Waals surface area contributed by atoms with Crippen molar-refractivity contribution >= 4 is 21.9 Å². The molecule has 1 aliphatic heterocycles. The van der Waals surface area contributed by atoms with E-state index >= 15 is 0 Å². The molecule has 0 radical (unpaired) electrons. The summed E-state index contributed by atoms with van der Waals surface area (Å²) in [6, 6.07) is 7.93. The first-order valence-electron chi connectivity index (χ1n) is 5.00. The van der Waals surface area contributed by atoms with Gasteiger partial charge >= 0.3 is 5.97 Å². The first kappa shape index (κ1) is 10.7. The second-order valence-corrected chi connectivity index (χ2v) is 5.18. The van der Waals surface area contributed by atoms with Gasteiger partial charge in [0.2, 0.25) is 0 Å². The molecular weight excluding hydrogens is 256 g/mol. The molecular formula is C12H13BrO2. The van der Waals surface area contributed by atoms with Crippen LogP contribution in [0.1, 0.15) is 25.8 Å². The summed E-state index contributed by atoms with van der Waals surface area (Å²) in [6.45, 7) is 3.88. The molecule has 0 aliphatic carbocycles. The third-order valence-electron chi connectivity index (χ3n) is 2.88. The van der Waals surface area contributed by atoms with E-state index in [-0.39, 0.29) is 11.9 Å². The van der Waals surface area contributed by atoms with Crippen molar-refractivity contribution in [2.45, 2.75) is 25.9 Å². The third-order valence-corrected chi connectivity index (χ3v) is 3.41. The van der Waals surface area contributed by atoms with E-state index in [1.165, 1.54) is 0 Å². The van der Waals surface area contributed by atoms with E-state index in [4.69, 9.17) is 4.74 Å². The number of rotatable bonds is 1. The summed E-state index contributed by atoms with van der Waals surface area (Å²) in [4.78, 5) is 11.4. The number of halogens is 1. The Bertz CT molecular complexity index is 385. The lowest BCUT2D eigenvalue weighted by molar-refractivity contribution is -0.149. The van der Waals surface area contributed by atoms with Crippen LogP contribution in [0.5, 0.6) is 0 Å². The van der Waals surface area contributed by atoms with Crippen molar-refractivity contribution in [3.63, 3.8) is 0 Å². The molecule has 0 unspecified atom stereocenters. The van der Waals surface area contributed by atoms with Gasteiger partial charge in [-0.15, -0.1) is 0 Å². The Morgan fingerprint density at radius 1 is 1.40 bits per heavy atom. The monoisotopic (exact) mass is 268 g/mol. The Morgan fingerprint density at radius 3 is 2.47 bits per heavy atom. The number of carbonyl (C=O) groups is 1. The number of cyclic esters (lactones) is 1. The molecule has 0 bridgehead atoms. The molecule has 2 atom stereocenters. The predicted octanol–water partition coefficient (Wildman–Crippen LogP) is 3.25. The SMILES string of the molecule is C[C@@H]1C[C@](C)(c2ccc(Br)cc2)OC1=O. The van der Waals surface area contributed by atoms with Gasteiger partial charge in [-0.05, 0) is 24.6 Å². The maximum atomic E-state index is 11.4. The van der Waals surface area contributed by atoms with Crippen molar-refractivity contribution in [1.82, 2.24) is 0 Å². The minimum Gasteiger partial charge on any atom is -0.454 e. The Kier molecular flexibility index (Phi) is 2.59. The van der Waals surface area contributed by atoms with Gasteiger partial charge in [0.25, 0.3) is 0 Å². The van der Waals surface area contributed by atoms with Gasteiger partial charge < -0.3 is 4.74 Å². The fourth-order valence-corrected chi connectivity index (χ4v) is 2.28. The third kappa shape index (κ3) is 1.93. The zero-order valence-electron chi connectivity index (χ0n) is 8.79. The molecule has 0 aromatic heterocycles. The lowest BCUT2D eigenvalue weighted by Crippen LogP contribution is -2.20. The van der Waals surface area contributed by atoms with Crippen molar-refractivity contribution in [3.05, 3.63) is 34.3 Å². The standard InChI is InChI=1S/C12H13BrO2/c1-8-7-12(2,15-11(8)14)9-3-5-10(13)6-4-9/h3-6,8H,7H2,1-2H3/t8-,12-/m1/s1. The Hall–Kier alpha value is -0.830. The molecule has 2 nitrogen and oxygen atoms in total. The van der Waals surface area contributed by atoms with Crippen molar-refractivity contribution < 1.29 is 9.53 Å². The Morgan fingerprint density at radius 2 is 2.00 bits per heavy atom. The summed E-state index contributed by atoms with van der Waals surface area (Å²) >= 11 is 3.39. The van der Waals surface area contributed by atoms with Gasteiger partial charge in [-0.2, -0.15) is 0 Å². The van der Waals surface area contributed by atoms with Gasteiger partial charge in [0.05, 0.1) is 5.92 Å². The molecule has 0 amide bonds. The molecule has 80 valence electrons. The van der Waals surface area contributed by atoms with E-state index in [0.717, 1.165) is 16.5 Å². The number of hydrogen-bond acceptors (Lipinski definition) is 2. The lowest BCUT2D eigenvalue weighted by Gasteiger charge is -2.23. The van der Waals surface area contributed by atoms with E-state index < -0.39 is 5.60 Å². The van der Waals surface area contributed by atoms with Crippen LogP contribution in [-0.4, -0.2) is 5.97 Å². The minimum absolute atomic E-state index is 0.00125. The van der Waals surface area contributed by atoms with E-state index in [0.29, 0.717) is 0 Å². The molecule has 15 heavy (non-hydrogen) atoms. The van der Waals surface area contributed by atoms with Crippen molar-refractivity contribution in [2.24, 2.45) is 5.92 Å². The zero-order valence-corrected chi connectivity index (χ0v) is 10.4. The van der Waals surface area contributed by atoms with Crippen LogP contribution in [-0.2, 0) is 15.1 Å². The van der Waals surface area contributed by atoms with Gasteiger partial charge in [-0.3, -0.25) is 4.79 Å². The van der Waals surface area contributed by atoms with Gasteiger partial charge in [0.15, 0.2) is 0 Å². The summed E-state index contributed by atoms with van der Waals surface area (Å²) in [5.41, 5.74) is 0.611. The van der Waals surface area contributed by atoms with Crippen LogP contribution in [0, 0.1) is 5.92 Å². The molecule has 2 rings (SSSR count). The Balaban J connectivity index is 2.31. The number of benzene rings is 1. The van der Waals surface area contributed by atoms with Crippen LogP contribution in [0.15, 0.2) is 28.7 Å². The highest BCUT2D eigenvalue weighted by molar-refractivity contribution is 9.10. The van der Waals surface area contributed by atoms with Gasteiger partial charge in [-0.1, -0.05) is 35.0 Å². The fourth-order valence-electron chi connectivity index (χ4n) is 2.01. The fraction of sp³-hybridized carbons (Fsp3) is 0.417. The van der Waals surface area contributed by atoms with Crippen LogP contribution in [0.3, 0.4) is 0 Å². The second-order valence-electron chi connectivity index (χ2n) is 4.26. The Labute approximate surface area is 97.8 Å². The zero-order chi connectivity index (χ0) is 11.1. The summed E-state index contributed by atoms with van der Waals surface area (Å²) in [5.74, 6) is -0.0981. The van der Waals surface area contributed by atoms with Crippen LogP contribution in [0.25, 0.3) is 0 Å². The smallest absolute Gasteiger partial charge is 0.309 e. The van der Waals surface area contributed by atoms with Crippen LogP contribution >= 0.6 is 15.9 Å². The lowest BCUT2D eigenvalue weighted by atomic mass is 9.90. The highest BCUT2D eigenvalue weighted by Crippen LogP contribution is 2.39. The van der Waals surface area contributed by atoms with Crippen LogP contribution in [0.2, 0.25) is 0 Å². The summed E-state index contributed by atoms with van der Waals surface area (Å²) in [7, 11) is 0. The first-order chi connectivity index (χ1) is 7.01. The van der Waals surface area contributed by atoms with E-state index in [2.05, 4.69) is 15.9 Å². The molecule has 0 N–H and O–H groups in total. The molecule has 1 aromatic rings. The molecule has 0 saturated carbocycles. The van der Waals surface area contributed by atoms with Gasteiger partial charge in [-0.25, -0.2) is 0 Å². The predicted molar refractivity (Wildman–Crippen MR) is 61.4 cm³/mol. The quantitative estimate of drug-likeness (QED) is 0.731. The normalized spacial score (nSPS) is 30.3. The summed E-state index contributed by atoms with van der Waals surface area (Å²) in [5, 5.41) is 0. The largest absolute Gasteiger partial charge is 0.454 e. The average molecular weight is 269 g/mol. The minimum atomic E-state index is -0.447. The summed E-state index contributed by atoms with van der Waals surface area (Å²) < 4.78 is 6.47. The topological polar surface area (TPSA) is 26.3 Å². The van der Waals surface area contributed by atoms with Crippen molar-refractivity contribution in [3.8, 4) is 0 Å². The molecule has 1 aliphatic rings. The van der Waals surface area contributed by atoms with Crippen LogP contribution < -0.4 is 0 Å². The van der Waals surface area contributed by atoms with Gasteiger partial charge in [0, 0.05) is 10.9 Å². The molecule has 1 fully saturated rings. The van der Waals surface area contributed by atoms with E-state index in [9.17, 15) is 4.79 Å². The van der Waals surface area contributed by atoms with Crippen molar-refractivity contribution in [1.29, 1.82) is 0 Å². The molecule has 1 heterocycles. The molecule has 1 saturated heterocycles. The van der Waals surface area contributed by atoms with E-state index in [1.54, 1.807) is 0 Å². The maximum Gasteiger partial charge on any atom is 0.309 e. The highest BCUT2D eigenvalue weighted by Gasteiger charge is 2.42.